The SMILES string of the molecule is Cc1cc(C(=O)N[C@@H](C)c2ccccn2)ccc1N. The number of nitrogens with one attached hydrogen (secondary N) is 1. The third-order valence-electron chi connectivity index (χ3n) is 3.01. The molecule has 1 amide bonds. The second-order valence-corrected chi connectivity index (χ2v) is 4.52. The van der Waals surface area contributed by atoms with Crippen LogP contribution in [-0.2, 0) is 0 Å². The molecule has 98 valence electrons. The molecule has 0 saturated carbocycles. The topological polar surface area (TPSA) is 68.0 Å². The quantitative estimate of drug-likeness (QED) is 0.828. The summed E-state index contributed by atoms with van der Waals surface area (Å²) >= 11 is 0. The summed E-state index contributed by atoms with van der Waals surface area (Å²) in [6, 6.07) is 10.8. The number of anilines is 1. The maximum atomic E-state index is 12.1. The number of nitrogens with two attached hydrogens (primary N) is 1. The van der Waals surface area contributed by atoms with Gasteiger partial charge in [-0.25, -0.2) is 0 Å². The molecule has 1 aromatic heterocycles. The van der Waals surface area contributed by atoms with Crippen molar-refractivity contribution in [1.29, 1.82) is 0 Å². The highest BCUT2D eigenvalue weighted by Crippen LogP contribution is 2.14. The van der Waals surface area contributed by atoms with E-state index in [0.717, 1.165) is 11.3 Å². The lowest BCUT2D eigenvalue weighted by molar-refractivity contribution is 0.0939. The van der Waals surface area contributed by atoms with Crippen LogP contribution in [0.2, 0.25) is 0 Å². The van der Waals surface area contributed by atoms with Gasteiger partial charge in [0.05, 0.1) is 11.7 Å². The third kappa shape index (κ3) is 3.10. The number of nitrogen functional groups attached to an aromatic ring is 1. The first kappa shape index (κ1) is 13.1. The molecule has 4 nitrogen and oxygen atoms in total. The highest BCUT2D eigenvalue weighted by Gasteiger charge is 2.12. The number of carbonyl (C=O) groups is 1. The summed E-state index contributed by atoms with van der Waals surface area (Å²) in [5, 5.41) is 2.92. The second kappa shape index (κ2) is 5.52. The van der Waals surface area contributed by atoms with E-state index >= 15 is 0 Å². The van der Waals surface area contributed by atoms with Crippen molar-refractivity contribution in [2.75, 3.05) is 5.73 Å². The number of hydrogen-bond acceptors (Lipinski definition) is 3. The number of aryl methyl sites for hydroxylation is 1. The van der Waals surface area contributed by atoms with Crippen molar-refractivity contribution in [3.8, 4) is 0 Å². The molecule has 0 aliphatic rings. The Bertz CT molecular complexity index is 581. The molecule has 1 aromatic carbocycles. The maximum Gasteiger partial charge on any atom is 0.251 e. The number of amides is 1. The molecule has 0 fully saturated rings. The minimum atomic E-state index is -0.133. The van der Waals surface area contributed by atoms with Gasteiger partial charge in [-0.05, 0) is 49.7 Å². The first-order valence-electron chi connectivity index (χ1n) is 6.16. The van der Waals surface area contributed by atoms with Crippen LogP contribution in [-0.4, -0.2) is 10.9 Å². The fourth-order valence-corrected chi connectivity index (χ4v) is 1.80. The fourth-order valence-electron chi connectivity index (χ4n) is 1.80. The predicted molar refractivity (Wildman–Crippen MR) is 75.7 cm³/mol. The zero-order chi connectivity index (χ0) is 13.8. The van der Waals surface area contributed by atoms with Gasteiger partial charge < -0.3 is 11.1 Å². The summed E-state index contributed by atoms with van der Waals surface area (Å²) in [6.45, 7) is 3.79. The number of aromatic nitrogens is 1. The van der Waals surface area contributed by atoms with Crippen molar-refractivity contribution >= 4 is 11.6 Å². The lowest BCUT2D eigenvalue weighted by atomic mass is 10.1. The van der Waals surface area contributed by atoms with Crippen molar-refractivity contribution in [2.24, 2.45) is 0 Å². The van der Waals surface area contributed by atoms with Gasteiger partial charge in [-0.3, -0.25) is 9.78 Å². The summed E-state index contributed by atoms with van der Waals surface area (Å²) in [5.74, 6) is -0.124. The van der Waals surface area contributed by atoms with E-state index in [9.17, 15) is 4.79 Å². The van der Waals surface area contributed by atoms with E-state index in [0.29, 0.717) is 11.3 Å². The van der Waals surface area contributed by atoms with Crippen LogP contribution < -0.4 is 11.1 Å². The molecular formula is C15H17N3O. The molecule has 0 aliphatic heterocycles. The maximum absolute atomic E-state index is 12.1. The Balaban J connectivity index is 2.11. The zero-order valence-corrected chi connectivity index (χ0v) is 11.1. The van der Waals surface area contributed by atoms with E-state index in [1.807, 2.05) is 32.0 Å². The molecule has 2 aromatic rings. The van der Waals surface area contributed by atoms with E-state index < -0.39 is 0 Å². The van der Waals surface area contributed by atoms with Crippen molar-refractivity contribution in [3.63, 3.8) is 0 Å². The van der Waals surface area contributed by atoms with Crippen molar-refractivity contribution in [2.45, 2.75) is 19.9 Å². The molecule has 0 radical (unpaired) electrons. The average Bonchev–Trinajstić information content (AvgIpc) is 2.42. The fraction of sp³-hybridized carbons (Fsp3) is 0.200. The van der Waals surface area contributed by atoms with E-state index in [2.05, 4.69) is 10.3 Å². The summed E-state index contributed by atoms with van der Waals surface area (Å²) < 4.78 is 0. The normalized spacial score (nSPS) is 11.9. The Labute approximate surface area is 112 Å². The van der Waals surface area contributed by atoms with Crippen molar-refractivity contribution < 1.29 is 4.79 Å². The van der Waals surface area contributed by atoms with Crippen LogP contribution >= 0.6 is 0 Å². The molecular weight excluding hydrogens is 238 g/mol. The van der Waals surface area contributed by atoms with Gasteiger partial charge >= 0.3 is 0 Å². The smallest absolute Gasteiger partial charge is 0.251 e. The minimum absolute atomic E-state index is 0.124. The molecule has 2 rings (SSSR count). The minimum Gasteiger partial charge on any atom is -0.399 e. The summed E-state index contributed by atoms with van der Waals surface area (Å²) in [4.78, 5) is 16.3. The van der Waals surface area contributed by atoms with E-state index in [4.69, 9.17) is 5.73 Å². The van der Waals surface area contributed by atoms with E-state index in [-0.39, 0.29) is 11.9 Å². The van der Waals surface area contributed by atoms with Crippen LogP contribution in [0, 0.1) is 6.92 Å². The lowest BCUT2D eigenvalue weighted by Gasteiger charge is -2.13. The van der Waals surface area contributed by atoms with Gasteiger partial charge in [0.15, 0.2) is 0 Å². The molecule has 0 bridgehead atoms. The Morgan fingerprint density at radius 1 is 1.32 bits per heavy atom. The highest BCUT2D eigenvalue weighted by molar-refractivity contribution is 5.95. The number of pyridine rings is 1. The summed E-state index contributed by atoms with van der Waals surface area (Å²) in [5.41, 5.74) is 8.77. The van der Waals surface area contributed by atoms with Crippen LogP contribution in [0.3, 0.4) is 0 Å². The van der Waals surface area contributed by atoms with Gasteiger partial charge in [0.2, 0.25) is 0 Å². The number of rotatable bonds is 3. The molecule has 4 heteroatoms. The Kier molecular flexibility index (Phi) is 3.80. The van der Waals surface area contributed by atoms with Crippen LogP contribution in [0.4, 0.5) is 5.69 Å². The zero-order valence-electron chi connectivity index (χ0n) is 11.1. The summed E-state index contributed by atoms with van der Waals surface area (Å²) in [7, 11) is 0. The van der Waals surface area contributed by atoms with Crippen LogP contribution in [0.5, 0.6) is 0 Å². The van der Waals surface area contributed by atoms with E-state index in [1.165, 1.54) is 0 Å². The molecule has 0 spiro atoms. The largest absolute Gasteiger partial charge is 0.399 e. The van der Waals surface area contributed by atoms with Gasteiger partial charge in [-0.15, -0.1) is 0 Å². The molecule has 19 heavy (non-hydrogen) atoms. The Morgan fingerprint density at radius 2 is 2.11 bits per heavy atom. The highest BCUT2D eigenvalue weighted by atomic mass is 16.1. The first-order valence-corrected chi connectivity index (χ1v) is 6.16. The Morgan fingerprint density at radius 3 is 2.74 bits per heavy atom. The number of hydrogen-bond donors (Lipinski definition) is 2. The predicted octanol–water partition coefficient (Wildman–Crippen LogP) is 2.46. The van der Waals surface area contributed by atoms with Gasteiger partial charge in [-0.1, -0.05) is 6.07 Å². The van der Waals surface area contributed by atoms with E-state index in [1.54, 1.807) is 24.4 Å². The number of carbonyl (C=O) groups excluding carboxylic acids is 1. The van der Waals surface area contributed by atoms with Crippen LogP contribution in [0.1, 0.15) is 34.6 Å². The summed E-state index contributed by atoms with van der Waals surface area (Å²) in [6.07, 6.45) is 1.71. The monoisotopic (exact) mass is 255 g/mol. The van der Waals surface area contributed by atoms with Gasteiger partial charge in [0.25, 0.3) is 5.91 Å². The molecule has 0 saturated heterocycles. The van der Waals surface area contributed by atoms with Gasteiger partial charge in [0.1, 0.15) is 0 Å². The molecule has 0 unspecified atom stereocenters. The van der Waals surface area contributed by atoms with Crippen LogP contribution in [0.15, 0.2) is 42.6 Å². The second-order valence-electron chi connectivity index (χ2n) is 4.52. The lowest BCUT2D eigenvalue weighted by Crippen LogP contribution is -2.27. The number of benzene rings is 1. The molecule has 1 heterocycles. The molecule has 1 atom stereocenters. The van der Waals surface area contributed by atoms with Crippen molar-refractivity contribution in [1.82, 2.24) is 10.3 Å². The third-order valence-corrected chi connectivity index (χ3v) is 3.01. The molecule has 0 aliphatic carbocycles. The standard InChI is InChI=1S/C15H17N3O/c1-10-9-12(6-7-13(10)16)15(19)18-11(2)14-5-3-4-8-17-14/h3-9,11H,16H2,1-2H3,(H,18,19)/t11-/m0/s1. The number of nitrogens with zero attached hydrogens (tertiary/aromatic N) is 1. The van der Waals surface area contributed by atoms with Gasteiger partial charge in [0, 0.05) is 17.4 Å². The van der Waals surface area contributed by atoms with Crippen LogP contribution in [0.25, 0.3) is 0 Å². The first-order chi connectivity index (χ1) is 9.08. The molecule has 3 N–H and O–H groups in total. The van der Waals surface area contributed by atoms with Gasteiger partial charge in [-0.2, -0.15) is 0 Å². The van der Waals surface area contributed by atoms with Crippen molar-refractivity contribution in [3.05, 3.63) is 59.4 Å². The Hall–Kier alpha value is -2.36. The average molecular weight is 255 g/mol.